The SMILES string of the molecule is CC(C)(CNCC1CNC1)c1ccc(Cl)cc1. The lowest BCUT2D eigenvalue weighted by Gasteiger charge is -2.30. The first-order chi connectivity index (χ1) is 8.08. The Labute approximate surface area is 109 Å². The van der Waals surface area contributed by atoms with E-state index in [1.54, 1.807) is 0 Å². The van der Waals surface area contributed by atoms with Crippen LogP contribution in [0.2, 0.25) is 5.02 Å². The van der Waals surface area contributed by atoms with E-state index in [1.165, 1.54) is 5.56 Å². The van der Waals surface area contributed by atoms with Crippen molar-refractivity contribution in [3.63, 3.8) is 0 Å². The Kier molecular flexibility index (Phi) is 4.08. The average molecular weight is 253 g/mol. The quantitative estimate of drug-likeness (QED) is 0.841. The third-order valence-corrected chi connectivity index (χ3v) is 3.74. The Hall–Kier alpha value is -0.570. The third kappa shape index (κ3) is 3.44. The van der Waals surface area contributed by atoms with E-state index >= 15 is 0 Å². The first-order valence-corrected chi connectivity index (χ1v) is 6.63. The molecule has 0 bridgehead atoms. The summed E-state index contributed by atoms with van der Waals surface area (Å²) in [6, 6.07) is 8.17. The highest BCUT2D eigenvalue weighted by Gasteiger charge is 2.22. The minimum Gasteiger partial charge on any atom is -0.316 e. The molecule has 1 aromatic carbocycles. The lowest BCUT2D eigenvalue weighted by Crippen LogP contribution is -2.48. The minimum atomic E-state index is 0.155. The van der Waals surface area contributed by atoms with Gasteiger partial charge in [-0.05, 0) is 23.6 Å². The molecule has 1 heterocycles. The van der Waals surface area contributed by atoms with Crippen LogP contribution in [0.15, 0.2) is 24.3 Å². The van der Waals surface area contributed by atoms with E-state index in [1.807, 2.05) is 12.1 Å². The fraction of sp³-hybridized carbons (Fsp3) is 0.571. The zero-order chi connectivity index (χ0) is 12.3. The van der Waals surface area contributed by atoms with Gasteiger partial charge in [-0.25, -0.2) is 0 Å². The van der Waals surface area contributed by atoms with Gasteiger partial charge >= 0.3 is 0 Å². The van der Waals surface area contributed by atoms with Crippen LogP contribution >= 0.6 is 11.6 Å². The van der Waals surface area contributed by atoms with Gasteiger partial charge in [0.2, 0.25) is 0 Å². The molecule has 0 aromatic heterocycles. The Morgan fingerprint density at radius 3 is 2.47 bits per heavy atom. The van der Waals surface area contributed by atoms with Crippen molar-refractivity contribution in [3.05, 3.63) is 34.9 Å². The largest absolute Gasteiger partial charge is 0.316 e. The van der Waals surface area contributed by atoms with Gasteiger partial charge in [-0.15, -0.1) is 0 Å². The standard InChI is InChI=1S/C14H21ClN2/c1-14(2,10-17-9-11-7-16-8-11)12-3-5-13(15)6-4-12/h3-6,11,16-17H,7-10H2,1-2H3. The predicted molar refractivity (Wildman–Crippen MR) is 73.7 cm³/mol. The maximum Gasteiger partial charge on any atom is 0.0406 e. The third-order valence-electron chi connectivity index (χ3n) is 3.49. The average Bonchev–Trinajstić information content (AvgIpc) is 2.22. The zero-order valence-corrected chi connectivity index (χ0v) is 11.3. The van der Waals surface area contributed by atoms with Gasteiger partial charge in [0.15, 0.2) is 0 Å². The summed E-state index contributed by atoms with van der Waals surface area (Å²) in [4.78, 5) is 0. The van der Waals surface area contributed by atoms with Crippen LogP contribution in [0.1, 0.15) is 19.4 Å². The molecule has 0 atom stereocenters. The Bertz CT molecular complexity index is 355. The molecule has 94 valence electrons. The minimum absolute atomic E-state index is 0.155. The summed E-state index contributed by atoms with van der Waals surface area (Å²) in [5.74, 6) is 0.816. The molecule has 1 aliphatic heterocycles. The van der Waals surface area contributed by atoms with Crippen LogP contribution in [0.25, 0.3) is 0 Å². The second kappa shape index (κ2) is 5.38. The van der Waals surface area contributed by atoms with E-state index in [2.05, 4.69) is 36.6 Å². The van der Waals surface area contributed by atoms with E-state index in [4.69, 9.17) is 11.6 Å². The Morgan fingerprint density at radius 2 is 1.94 bits per heavy atom. The number of halogens is 1. The predicted octanol–water partition coefficient (Wildman–Crippen LogP) is 2.43. The highest BCUT2D eigenvalue weighted by Crippen LogP contribution is 2.23. The van der Waals surface area contributed by atoms with Crippen LogP contribution in [-0.2, 0) is 5.41 Å². The molecule has 1 fully saturated rings. The fourth-order valence-corrected chi connectivity index (χ4v) is 2.21. The van der Waals surface area contributed by atoms with E-state index in [-0.39, 0.29) is 5.41 Å². The van der Waals surface area contributed by atoms with E-state index < -0.39 is 0 Å². The van der Waals surface area contributed by atoms with Crippen molar-refractivity contribution in [3.8, 4) is 0 Å². The topological polar surface area (TPSA) is 24.1 Å². The van der Waals surface area contributed by atoms with Crippen LogP contribution in [0.3, 0.4) is 0 Å². The molecule has 1 aromatic rings. The number of rotatable bonds is 5. The van der Waals surface area contributed by atoms with Crippen LogP contribution in [-0.4, -0.2) is 26.2 Å². The van der Waals surface area contributed by atoms with Crippen molar-refractivity contribution >= 4 is 11.6 Å². The van der Waals surface area contributed by atoms with Crippen LogP contribution in [0, 0.1) is 5.92 Å². The molecule has 2 rings (SSSR count). The summed E-state index contributed by atoms with van der Waals surface area (Å²) >= 11 is 5.91. The molecule has 3 heteroatoms. The smallest absolute Gasteiger partial charge is 0.0406 e. The van der Waals surface area contributed by atoms with E-state index in [9.17, 15) is 0 Å². The van der Waals surface area contributed by atoms with E-state index in [0.717, 1.165) is 37.1 Å². The lowest BCUT2D eigenvalue weighted by molar-refractivity contribution is 0.319. The molecule has 1 aliphatic rings. The van der Waals surface area contributed by atoms with Gasteiger partial charge in [0.1, 0.15) is 0 Å². The number of hydrogen-bond acceptors (Lipinski definition) is 2. The number of hydrogen-bond donors (Lipinski definition) is 2. The molecule has 1 saturated heterocycles. The normalized spacial score (nSPS) is 16.9. The molecule has 0 radical (unpaired) electrons. The second-order valence-electron chi connectivity index (χ2n) is 5.55. The van der Waals surface area contributed by atoms with Crippen molar-refractivity contribution in [2.75, 3.05) is 26.2 Å². The number of benzene rings is 1. The monoisotopic (exact) mass is 252 g/mol. The summed E-state index contributed by atoms with van der Waals surface area (Å²) in [7, 11) is 0. The number of nitrogens with one attached hydrogen (secondary N) is 2. The van der Waals surface area contributed by atoms with Crippen molar-refractivity contribution < 1.29 is 0 Å². The van der Waals surface area contributed by atoms with Gasteiger partial charge in [0.25, 0.3) is 0 Å². The van der Waals surface area contributed by atoms with Crippen molar-refractivity contribution in [1.82, 2.24) is 10.6 Å². The highest BCUT2D eigenvalue weighted by molar-refractivity contribution is 6.30. The van der Waals surface area contributed by atoms with Crippen molar-refractivity contribution in [2.24, 2.45) is 5.92 Å². The van der Waals surface area contributed by atoms with Crippen LogP contribution in [0.4, 0.5) is 0 Å². The maximum atomic E-state index is 5.91. The van der Waals surface area contributed by atoms with Crippen LogP contribution < -0.4 is 10.6 Å². The van der Waals surface area contributed by atoms with Gasteiger partial charge in [-0.2, -0.15) is 0 Å². The first kappa shape index (κ1) is 12.9. The van der Waals surface area contributed by atoms with Crippen LogP contribution in [0.5, 0.6) is 0 Å². The molecule has 0 spiro atoms. The molecule has 2 nitrogen and oxygen atoms in total. The summed E-state index contributed by atoms with van der Waals surface area (Å²) in [5.41, 5.74) is 1.49. The maximum absolute atomic E-state index is 5.91. The summed E-state index contributed by atoms with van der Waals surface area (Å²) < 4.78 is 0. The van der Waals surface area contributed by atoms with Gasteiger partial charge in [0.05, 0.1) is 0 Å². The molecule has 17 heavy (non-hydrogen) atoms. The molecular weight excluding hydrogens is 232 g/mol. The lowest BCUT2D eigenvalue weighted by atomic mass is 9.84. The molecular formula is C14H21ClN2. The van der Waals surface area contributed by atoms with Crippen molar-refractivity contribution in [2.45, 2.75) is 19.3 Å². The zero-order valence-electron chi connectivity index (χ0n) is 10.6. The summed E-state index contributed by atoms with van der Waals surface area (Å²) in [5, 5.41) is 7.66. The molecule has 0 unspecified atom stereocenters. The van der Waals surface area contributed by atoms with Gasteiger partial charge < -0.3 is 10.6 Å². The van der Waals surface area contributed by atoms with E-state index in [0.29, 0.717) is 0 Å². The Morgan fingerprint density at radius 1 is 1.29 bits per heavy atom. The Balaban J connectivity index is 1.86. The molecule has 2 N–H and O–H groups in total. The van der Waals surface area contributed by atoms with Gasteiger partial charge in [-0.3, -0.25) is 0 Å². The van der Waals surface area contributed by atoms with Gasteiger partial charge in [-0.1, -0.05) is 37.6 Å². The molecule has 0 aliphatic carbocycles. The second-order valence-corrected chi connectivity index (χ2v) is 5.98. The van der Waals surface area contributed by atoms with Crippen molar-refractivity contribution in [1.29, 1.82) is 0 Å². The summed E-state index contributed by atoms with van der Waals surface area (Å²) in [6.45, 7) is 8.97. The van der Waals surface area contributed by atoms with Gasteiger partial charge in [0, 0.05) is 36.6 Å². The highest BCUT2D eigenvalue weighted by atomic mass is 35.5. The first-order valence-electron chi connectivity index (χ1n) is 6.25. The summed E-state index contributed by atoms with van der Waals surface area (Å²) in [6.07, 6.45) is 0. The molecule has 0 amide bonds. The molecule has 0 saturated carbocycles. The fourth-order valence-electron chi connectivity index (χ4n) is 2.08.